The maximum Gasteiger partial charge on any atom is 0.275 e. The van der Waals surface area contributed by atoms with Crippen LogP contribution in [0.4, 0.5) is 5.69 Å². The molecule has 5 heteroatoms. The molecule has 2 aromatic rings. The van der Waals surface area contributed by atoms with Crippen LogP contribution in [0.2, 0.25) is 5.02 Å². The Morgan fingerprint density at radius 3 is 2.61 bits per heavy atom. The molecule has 0 unspecified atom stereocenters. The number of rotatable bonds is 3. The number of hydrogen-bond donors (Lipinski definition) is 1. The van der Waals surface area contributed by atoms with E-state index in [9.17, 15) is 4.79 Å². The molecule has 1 fully saturated rings. The number of fused-ring (bicyclic) bond motifs is 1. The molecular weight excluding hydrogens is 370 g/mol. The van der Waals surface area contributed by atoms with E-state index in [1.165, 1.54) is 19.3 Å². The van der Waals surface area contributed by atoms with Gasteiger partial charge in [-0.2, -0.15) is 0 Å². The third-order valence-corrected chi connectivity index (χ3v) is 5.71. The van der Waals surface area contributed by atoms with Crippen molar-refractivity contribution in [2.24, 2.45) is 4.99 Å². The lowest BCUT2D eigenvalue weighted by Gasteiger charge is -2.30. The summed E-state index contributed by atoms with van der Waals surface area (Å²) in [6.45, 7) is 0. The molecule has 0 spiro atoms. The SMILES string of the molecule is CN(C=C1N=C(c2ccccc2)c2cc(Cl)ccc2NC1=O)C1CCCCC1. The molecule has 144 valence electrons. The van der Waals surface area contributed by atoms with Crippen LogP contribution in [0.1, 0.15) is 43.2 Å². The van der Waals surface area contributed by atoms with E-state index in [1.54, 1.807) is 6.07 Å². The molecule has 0 bridgehead atoms. The highest BCUT2D eigenvalue weighted by molar-refractivity contribution is 6.32. The lowest BCUT2D eigenvalue weighted by atomic mass is 9.95. The predicted molar refractivity (Wildman–Crippen MR) is 115 cm³/mol. The van der Waals surface area contributed by atoms with E-state index in [0.29, 0.717) is 16.8 Å². The topological polar surface area (TPSA) is 44.7 Å². The monoisotopic (exact) mass is 393 g/mol. The Bertz CT molecular complexity index is 930. The highest BCUT2D eigenvalue weighted by atomic mass is 35.5. The van der Waals surface area contributed by atoms with Gasteiger partial charge in [-0.25, -0.2) is 4.99 Å². The summed E-state index contributed by atoms with van der Waals surface area (Å²) in [7, 11) is 2.04. The molecule has 2 aliphatic rings. The number of nitrogens with zero attached hydrogens (tertiary/aromatic N) is 2. The molecule has 0 radical (unpaired) electrons. The number of anilines is 1. The number of benzodiazepines with no additional fused rings is 1. The van der Waals surface area contributed by atoms with Gasteiger partial charge >= 0.3 is 0 Å². The van der Waals surface area contributed by atoms with Crippen LogP contribution in [-0.4, -0.2) is 29.6 Å². The Hall–Kier alpha value is -2.59. The van der Waals surface area contributed by atoms with Crippen molar-refractivity contribution in [3.05, 3.63) is 76.6 Å². The van der Waals surface area contributed by atoms with E-state index < -0.39 is 0 Å². The average molecular weight is 394 g/mol. The van der Waals surface area contributed by atoms with Crippen LogP contribution in [0.15, 0.2) is 65.4 Å². The number of halogens is 1. The fourth-order valence-electron chi connectivity index (χ4n) is 3.93. The second-order valence-electron chi connectivity index (χ2n) is 7.44. The van der Waals surface area contributed by atoms with E-state index in [1.807, 2.05) is 55.7 Å². The van der Waals surface area contributed by atoms with Crippen molar-refractivity contribution in [3.8, 4) is 0 Å². The van der Waals surface area contributed by atoms with Crippen LogP contribution < -0.4 is 5.32 Å². The number of carbonyl (C=O) groups is 1. The van der Waals surface area contributed by atoms with Gasteiger partial charge in [-0.05, 0) is 31.0 Å². The Balaban J connectivity index is 1.78. The zero-order valence-corrected chi connectivity index (χ0v) is 16.7. The first-order valence-electron chi connectivity index (χ1n) is 9.81. The van der Waals surface area contributed by atoms with E-state index in [4.69, 9.17) is 16.6 Å². The maximum atomic E-state index is 12.9. The molecule has 0 aromatic heterocycles. The minimum Gasteiger partial charge on any atom is -0.376 e. The lowest BCUT2D eigenvalue weighted by Crippen LogP contribution is -2.30. The van der Waals surface area contributed by atoms with Crippen LogP contribution in [0.5, 0.6) is 0 Å². The van der Waals surface area contributed by atoms with Gasteiger partial charge in [0.25, 0.3) is 5.91 Å². The van der Waals surface area contributed by atoms with Gasteiger partial charge in [-0.1, -0.05) is 61.2 Å². The van der Waals surface area contributed by atoms with Gasteiger partial charge < -0.3 is 10.2 Å². The molecule has 1 amide bonds. The molecule has 4 rings (SSSR count). The summed E-state index contributed by atoms with van der Waals surface area (Å²) in [5.41, 5.74) is 3.67. The average Bonchev–Trinajstić information content (AvgIpc) is 2.86. The van der Waals surface area contributed by atoms with E-state index in [2.05, 4.69) is 10.2 Å². The Morgan fingerprint density at radius 2 is 1.86 bits per heavy atom. The van der Waals surface area contributed by atoms with E-state index in [-0.39, 0.29) is 5.91 Å². The third kappa shape index (κ3) is 3.97. The van der Waals surface area contributed by atoms with Gasteiger partial charge in [0, 0.05) is 35.4 Å². The number of amides is 1. The quantitative estimate of drug-likeness (QED) is 0.725. The third-order valence-electron chi connectivity index (χ3n) is 5.47. The normalized spacial score (nSPS) is 18.9. The van der Waals surface area contributed by atoms with Crippen molar-refractivity contribution < 1.29 is 4.79 Å². The molecule has 0 atom stereocenters. The van der Waals surface area contributed by atoms with Gasteiger partial charge in [0.05, 0.1) is 11.4 Å². The first-order valence-corrected chi connectivity index (χ1v) is 10.2. The van der Waals surface area contributed by atoms with Gasteiger partial charge in [0.1, 0.15) is 5.70 Å². The zero-order valence-electron chi connectivity index (χ0n) is 16.0. The first kappa shape index (κ1) is 18.8. The first-order chi connectivity index (χ1) is 13.6. The molecule has 2 aromatic carbocycles. The molecule has 1 aliphatic carbocycles. The standard InChI is InChI=1S/C23H24ClN3O/c1-27(18-10-6-3-7-11-18)15-21-23(28)26-20-13-12-17(24)14-19(20)22(25-21)16-8-4-2-5-9-16/h2,4-5,8-9,12-15,18H,3,6-7,10-11H2,1H3,(H,26,28). The summed E-state index contributed by atoms with van der Waals surface area (Å²) in [6, 6.07) is 15.9. The van der Waals surface area contributed by atoms with Gasteiger partial charge in [0.2, 0.25) is 0 Å². The number of hydrogen-bond acceptors (Lipinski definition) is 3. The summed E-state index contributed by atoms with van der Waals surface area (Å²) < 4.78 is 0. The van der Waals surface area contributed by atoms with Crippen molar-refractivity contribution >= 4 is 28.9 Å². The molecule has 1 N–H and O–H groups in total. The smallest absolute Gasteiger partial charge is 0.275 e. The van der Waals surface area contributed by atoms with Crippen molar-refractivity contribution in [3.63, 3.8) is 0 Å². The van der Waals surface area contributed by atoms with Crippen molar-refractivity contribution in [1.82, 2.24) is 4.90 Å². The molecule has 0 saturated heterocycles. The number of carbonyl (C=O) groups excluding carboxylic acids is 1. The fourth-order valence-corrected chi connectivity index (χ4v) is 4.10. The molecule has 1 aliphatic heterocycles. The number of benzene rings is 2. The lowest BCUT2D eigenvalue weighted by molar-refractivity contribution is -0.112. The second-order valence-corrected chi connectivity index (χ2v) is 7.88. The summed E-state index contributed by atoms with van der Waals surface area (Å²) in [5, 5.41) is 3.61. The molecular formula is C23H24ClN3O. The minimum atomic E-state index is -0.197. The summed E-state index contributed by atoms with van der Waals surface area (Å²) in [5.74, 6) is -0.197. The van der Waals surface area contributed by atoms with Crippen LogP contribution in [0, 0.1) is 0 Å². The van der Waals surface area contributed by atoms with E-state index >= 15 is 0 Å². The van der Waals surface area contributed by atoms with E-state index in [0.717, 1.165) is 35.4 Å². The Labute approximate surface area is 170 Å². The van der Waals surface area contributed by atoms with Crippen LogP contribution in [-0.2, 0) is 4.79 Å². The van der Waals surface area contributed by atoms with Crippen LogP contribution in [0.25, 0.3) is 0 Å². The highest BCUT2D eigenvalue weighted by Crippen LogP contribution is 2.29. The van der Waals surface area contributed by atoms with Crippen molar-refractivity contribution in [2.75, 3.05) is 12.4 Å². The summed E-state index contributed by atoms with van der Waals surface area (Å²) in [6.07, 6.45) is 8.00. The Kier molecular flexibility index (Phi) is 5.49. The van der Waals surface area contributed by atoms with Gasteiger partial charge in [-0.15, -0.1) is 0 Å². The van der Waals surface area contributed by atoms with Crippen molar-refractivity contribution in [1.29, 1.82) is 0 Å². The second kappa shape index (κ2) is 8.19. The highest BCUT2D eigenvalue weighted by Gasteiger charge is 2.23. The van der Waals surface area contributed by atoms with Crippen LogP contribution in [0.3, 0.4) is 0 Å². The van der Waals surface area contributed by atoms with Gasteiger partial charge in [-0.3, -0.25) is 4.79 Å². The minimum absolute atomic E-state index is 0.197. The number of aliphatic imine (C=N–C) groups is 1. The molecule has 28 heavy (non-hydrogen) atoms. The zero-order chi connectivity index (χ0) is 19.5. The summed E-state index contributed by atoms with van der Waals surface area (Å²) >= 11 is 6.25. The fraction of sp³-hybridized carbons (Fsp3) is 0.304. The van der Waals surface area contributed by atoms with Gasteiger partial charge in [0.15, 0.2) is 0 Å². The van der Waals surface area contributed by atoms with Crippen molar-refractivity contribution in [2.45, 2.75) is 38.1 Å². The van der Waals surface area contributed by atoms with Crippen LogP contribution >= 0.6 is 11.6 Å². The summed E-state index contributed by atoms with van der Waals surface area (Å²) in [4.78, 5) is 19.9. The maximum absolute atomic E-state index is 12.9. The predicted octanol–water partition coefficient (Wildman–Crippen LogP) is 5.24. The molecule has 4 nitrogen and oxygen atoms in total. The molecule has 1 saturated carbocycles. The Morgan fingerprint density at radius 1 is 1.11 bits per heavy atom. The molecule has 1 heterocycles. The largest absolute Gasteiger partial charge is 0.376 e. The number of nitrogens with one attached hydrogen (secondary N) is 1.